The third-order valence-corrected chi connectivity index (χ3v) is 7.82. The summed E-state index contributed by atoms with van der Waals surface area (Å²) in [5.41, 5.74) is 1.69. The number of benzene rings is 2. The highest BCUT2D eigenvalue weighted by Gasteiger charge is 2.21. The van der Waals surface area contributed by atoms with Crippen LogP contribution in [0.2, 0.25) is 0 Å². The molecule has 1 N–H and O–H groups in total. The van der Waals surface area contributed by atoms with Gasteiger partial charge in [0.05, 0.1) is 16.3 Å². The van der Waals surface area contributed by atoms with Gasteiger partial charge in [-0.1, -0.05) is 24.6 Å². The molecule has 7 nitrogen and oxygen atoms in total. The van der Waals surface area contributed by atoms with E-state index in [1.54, 1.807) is 31.2 Å². The van der Waals surface area contributed by atoms with Gasteiger partial charge in [0.1, 0.15) is 0 Å². The van der Waals surface area contributed by atoms with E-state index in [4.69, 9.17) is 0 Å². The predicted octanol–water partition coefficient (Wildman–Crippen LogP) is 1.98. The van der Waals surface area contributed by atoms with Gasteiger partial charge in [-0.2, -0.15) is 0 Å². The van der Waals surface area contributed by atoms with Crippen molar-refractivity contribution in [2.45, 2.75) is 18.7 Å². The lowest BCUT2D eigenvalue weighted by Gasteiger charge is -2.20. The third kappa shape index (κ3) is 5.32. The van der Waals surface area contributed by atoms with E-state index < -0.39 is 25.8 Å². The molecule has 0 saturated carbocycles. The van der Waals surface area contributed by atoms with Gasteiger partial charge in [-0.25, -0.2) is 16.8 Å². The highest BCUT2D eigenvalue weighted by Crippen LogP contribution is 2.22. The van der Waals surface area contributed by atoms with Crippen molar-refractivity contribution in [1.82, 2.24) is 5.32 Å². The Bertz CT molecular complexity index is 1030. The van der Waals surface area contributed by atoms with Crippen molar-refractivity contribution in [3.8, 4) is 0 Å². The van der Waals surface area contributed by atoms with Crippen LogP contribution in [0, 0.1) is 6.92 Å². The molecule has 1 amide bonds. The highest BCUT2D eigenvalue weighted by molar-refractivity contribution is 7.92. The number of sulfone groups is 1. The molecule has 0 atom stereocenters. The summed E-state index contributed by atoms with van der Waals surface area (Å²) < 4.78 is 49.5. The zero-order chi connectivity index (χ0) is 20.9. The van der Waals surface area contributed by atoms with Crippen LogP contribution in [0.4, 0.5) is 5.69 Å². The van der Waals surface area contributed by atoms with E-state index in [9.17, 15) is 21.6 Å². The Labute approximate surface area is 166 Å². The summed E-state index contributed by atoms with van der Waals surface area (Å²) in [4.78, 5) is 12.3. The summed E-state index contributed by atoms with van der Waals surface area (Å²) in [5.74, 6) is -0.508. The molecular formula is C19H24N2O5S2. The maximum Gasteiger partial charge on any atom is 0.264 e. The van der Waals surface area contributed by atoms with Crippen LogP contribution in [0.25, 0.3) is 0 Å². The van der Waals surface area contributed by atoms with Crippen molar-refractivity contribution < 1.29 is 21.6 Å². The average Bonchev–Trinajstić information content (AvgIpc) is 2.67. The molecule has 0 saturated heterocycles. The van der Waals surface area contributed by atoms with Crippen molar-refractivity contribution in [2.24, 2.45) is 0 Å². The maximum atomic E-state index is 12.7. The first kappa shape index (κ1) is 21.9. The Morgan fingerprint density at radius 3 is 2.07 bits per heavy atom. The molecule has 9 heteroatoms. The Morgan fingerprint density at radius 1 is 0.964 bits per heavy atom. The lowest BCUT2D eigenvalue weighted by molar-refractivity contribution is 0.0956. The third-order valence-electron chi connectivity index (χ3n) is 4.31. The minimum Gasteiger partial charge on any atom is -0.351 e. The summed E-state index contributed by atoms with van der Waals surface area (Å²) in [6, 6.07) is 12.6. The first-order valence-electron chi connectivity index (χ1n) is 8.71. The van der Waals surface area contributed by atoms with E-state index in [1.165, 1.54) is 31.3 Å². The second-order valence-corrected chi connectivity index (χ2v) is 10.8. The van der Waals surface area contributed by atoms with E-state index in [0.29, 0.717) is 11.3 Å². The molecule has 2 rings (SSSR count). The molecule has 152 valence electrons. The van der Waals surface area contributed by atoms with E-state index >= 15 is 0 Å². The largest absolute Gasteiger partial charge is 0.351 e. The van der Waals surface area contributed by atoms with Gasteiger partial charge in [0.25, 0.3) is 15.9 Å². The van der Waals surface area contributed by atoms with Crippen molar-refractivity contribution in [1.29, 1.82) is 0 Å². The predicted molar refractivity (Wildman–Crippen MR) is 110 cm³/mol. The summed E-state index contributed by atoms with van der Waals surface area (Å²) in [6.07, 6.45) is 0. The van der Waals surface area contributed by atoms with Crippen LogP contribution in [0.1, 0.15) is 22.8 Å². The Morgan fingerprint density at radius 2 is 1.54 bits per heavy atom. The lowest BCUT2D eigenvalue weighted by atomic mass is 10.2. The summed E-state index contributed by atoms with van der Waals surface area (Å²) >= 11 is 0. The number of nitrogens with zero attached hydrogens (tertiary/aromatic N) is 1. The molecule has 0 fully saturated rings. The maximum absolute atomic E-state index is 12.7. The molecule has 0 heterocycles. The van der Waals surface area contributed by atoms with Gasteiger partial charge < -0.3 is 5.32 Å². The van der Waals surface area contributed by atoms with Crippen molar-refractivity contribution >= 4 is 31.5 Å². The molecule has 0 spiro atoms. The van der Waals surface area contributed by atoms with E-state index in [1.807, 2.05) is 6.92 Å². The van der Waals surface area contributed by atoms with Crippen LogP contribution < -0.4 is 9.62 Å². The smallest absolute Gasteiger partial charge is 0.264 e. The first-order valence-corrected chi connectivity index (χ1v) is 12.0. The fraction of sp³-hybridized carbons (Fsp3) is 0.316. The molecule has 0 aliphatic rings. The minimum absolute atomic E-state index is 0.0263. The Balaban J connectivity index is 2.08. The van der Waals surface area contributed by atoms with Gasteiger partial charge >= 0.3 is 0 Å². The zero-order valence-corrected chi connectivity index (χ0v) is 17.7. The number of aryl methyl sites for hydroxylation is 1. The Kier molecular flexibility index (Phi) is 6.84. The Hall–Kier alpha value is -2.39. The monoisotopic (exact) mass is 424 g/mol. The van der Waals surface area contributed by atoms with Crippen LogP contribution in [0.5, 0.6) is 0 Å². The fourth-order valence-corrected chi connectivity index (χ4v) is 4.29. The van der Waals surface area contributed by atoms with Crippen molar-refractivity contribution in [3.05, 3.63) is 59.7 Å². The zero-order valence-electron chi connectivity index (χ0n) is 16.0. The molecule has 0 bridgehead atoms. The molecule has 0 aromatic heterocycles. The van der Waals surface area contributed by atoms with Gasteiger partial charge in [-0.05, 0) is 43.3 Å². The van der Waals surface area contributed by atoms with Crippen molar-refractivity contribution in [3.63, 3.8) is 0 Å². The number of anilines is 1. The quantitative estimate of drug-likeness (QED) is 0.698. The van der Waals surface area contributed by atoms with Crippen molar-refractivity contribution in [2.75, 3.05) is 29.4 Å². The first-order chi connectivity index (χ1) is 13.1. The number of sulfonamides is 1. The van der Waals surface area contributed by atoms with Crippen LogP contribution in [-0.2, 0) is 19.9 Å². The summed E-state index contributed by atoms with van der Waals surface area (Å²) in [6.45, 7) is 3.46. The molecule has 2 aromatic carbocycles. The molecule has 0 aliphatic carbocycles. The molecule has 0 radical (unpaired) electrons. The van der Waals surface area contributed by atoms with Crippen LogP contribution >= 0.6 is 0 Å². The second kappa shape index (κ2) is 8.74. The number of nitrogens with one attached hydrogen (secondary N) is 1. The summed E-state index contributed by atoms with van der Waals surface area (Å²) in [5, 5.41) is 2.55. The van der Waals surface area contributed by atoms with Gasteiger partial charge in [-0.15, -0.1) is 0 Å². The van der Waals surface area contributed by atoms with Crippen LogP contribution in [-0.4, -0.2) is 47.8 Å². The summed E-state index contributed by atoms with van der Waals surface area (Å²) in [7, 11) is -5.41. The number of carbonyl (C=O) groups is 1. The standard InChI is InChI=1S/C19H24N2O5S2/c1-4-27(23,24)14-13-20-19(22)16-7-9-17(10-8-16)21(3)28(25,26)18-11-5-15(2)6-12-18/h5-12H,4,13-14H2,1-3H3,(H,20,22). The highest BCUT2D eigenvalue weighted by atomic mass is 32.2. The van der Waals surface area contributed by atoms with Gasteiger partial charge in [0, 0.05) is 24.9 Å². The van der Waals surface area contributed by atoms with Crippen LogP contribution in [0.3, 0.4) is 0 Å². The second-order valence-electron chi connectivity index (χ2n) is 6.32. The number of hydrogen-bond donors (Lipinski definition) is 1. The molecule has 2 aromatic rings. The normalized spacial score (nSPS) is 11.8. The minimum atomic E-state index is -3.71. The fourth-order valence-electron chi connectivity index (χ4n) is 2.40. The van der Waals surface area contributed by atoms with E-state index in [-0.39, 0.29) is 22.9 Å². The number of rotatable bonds is 8. The SMILES string of the molecule is CCS(=O)(=O)CCNC(=O)c1ccc(N(C)S(=O)(=O)c2ccc(C)cc2)cc1. The molecule has 0 unspecified atom stereocenters. The van der Waals surface area contributed by atoms with Crippen LogP contribution in [0.15, 0.2) is 53.4 Å². The van der Waals surface area contributed by atoms with E-state index in [0.717, 1.165) is 9.87 Å². The lowest BCUT2D eigenvalue weighted by Crippen LogP contribution is -2.30. The number of amides is 1. The van der Waals surface area contributed by atoms with E-state index in [2.05, 4.69) is 5.32 Å². The van der Waals surface area contributed by atoms with Gasteiger partial charge in [0.15, 0.2) is 9.84 Å². The van der Waals surface area contributed by atoms with Gasteiger partial charge in [-0.3, -0.25) is 9.10 Å². The number of hydrogen-bond acceptors (Lipinski definition) is 5. The molecule has 0 aliphatic heterocycles. The van der Waals surface area contributed by atoms with Gasteiger partial charge in [0.2, 0.25) is 0 Å². The average molecular weight is 425 g/mol. The molecular weight excluding hydrogens is 400 g/mol. The topological polar surface area (TPSA) is 101 Å². The molecule has 28 heavy (non-hydrogen) atoms. The number of carbonyl (C=O) groups excluding carboxylic acids is 1.